The number of rotatable bonds is 5. The predicted octanol–water partition coefficient (Wildman–Crippen LogP) is 16.8. The highest BCUT2D eigenvalue weighted by atomic mass is 16.3. The van der Waals surface area contributed by atoms with Gasteiger partial charge in [0.1, 0.15) is 11.2 Å². The van der Waals surface area contributed by atoms with Gasteiger partial charge in [0, 0.05) is 27.2 Å². The minimum absolute atomic E-state index is 0.907. The second kappa shape index (κ2) is 13.4. The smallest absolute Gasteiger partial charge is 0.136 e. The van der Waals surface area contributed by atoms with E-state index in [9.17, 15) is 0 Å². The number of anilines is 3. The van der Waals surface area contributed by atoms with E-state index >= 15 is 0 Å². The topological polar surface area (TPSA) is 16.4 Å². The van der Waals surface area contributed by atoms with Crippen LogP contribution in [0.25, 0.3) is 98.1 Å². The molecule has 0 amide bonds. The van der Waals surface area contributed by atoms with Crippen molar-refractivity contribution >= 4 is 92.9 Å². The van der Waals surface area contributed by atoms with Crippen molar-refractivity contribution < 1.29 is 4.42 Å². The van der Waals surface area contributed by atoms with Crippen LogP contribution in [0.3, 0.4) is 0 Å². The molecule has 1 aromatic heterocycles. The maximum atomic E-state index is 6.39. The van der Waals surface area contributed by atoms with E-state index in [0.717, 1.165) is 27.6 Å². The van der Waals surface area contributed by atoms with Gasteiger partial charge in [-0.15, -0.1) is 0 Å². The summed E-state index contributed by atoms with van der Waals surface area (Å²) < 4.78 is 6.39. The van der Waals surface area contributed by atoms with E-state index in [1.165, 1.54) is 98.6 Å². The third-order valence-corrected chi connectivity index (χ3v) is 12.7. The SMILES string of the molecule is Cc1ccc(N(c2ccc3cc(-c4c5ccccc5c(-c5cccc6oc7ccccc7c56)c5ccccc45)ccc3c2)c2ccc(C)c3ccccc23)c2ccccc12. The summed E-state index contributed by atoms with van der Waals surface area (Å²) in [5.41, 5.74) is 12.7. The van der Waals surface area contributed by atoms with Crippen LogP contribution in [-0.4, -0.2) is 0 Å². The van der Waals surface area contributed by atoms with E-state index in [4.69, 9.17) is 4.42 Å². The third-order valence-electron chi connectivity index (χ3n) is 12.7. The van der Waals surface area contributed by atoms with Gasteiger partial charge >= 0.3 is 0 Å². The van der Waals surface area contributed by atoms with E-state index in [-0.39, 0.29) is 0 Å². The molecule has 12 rings (SSSR count). The van der Waals surface area contributed by atoms with Gasteiger partial charge in [0.05, 0.1) is 11.4 Å². The van der Waals surface area contributed by atoms with Gasteiger partial charge in [0.15, 0.2) is 0 Å². The molecule has 2 nitrogen and oxygen atoms in total. The average Bonchev–Trinajstić information content (AvgIpc) is 3.69. The fourth-order valence-electron chi connectivity index (χ4n) is 9.91. The third kappa shape index (κ3) is 5.21. The number of hydrogen-bond donors (Lipinski definition) is 0. The largest absolute Gasteiger partial charge is 0.456 e. The molecular weight excluding hydrogens is 727 g/mol. The van der Waals surface area contributed by atoms with Crippen LogP contribution in [0.2, 0.25) is 0 Å². The van der Waals surface area contributed by atoms with Crippen LogP contribution >= 0.6 is 0 Å². The molecule has 60 heavy (non-hydrogen) atoms. The summed E-state index contributed by atoms with van der Waals surface area (Å²) >= 11 is 0. The Hall–Kier alpha value is -7.68. The Labute approximate surface area is 348 Å². The van der Waals surface area contributed by atoms with Crippen molar-refractivity contribution in [1.82, 2.24) is 0 Å². The number of nitrogens with zero attached hydrogens (tertiary/aromatic N) is 1. The van der Waals surface area contributed by atoms with Gasteiger partial charge in [-0.3, -0.25) is 0 Å². The molecule has 0 atom stereocenters. The molecule has 282 valence electrons. The van der Waals surface area contributed by atoms with Crippen LogP contribution in [0.4, 0.5) is 17.1 Å². The number of benzene rings is 11. The summed E-state index contributed by atoms with van der Waals surface area (Å²) in [7, 11) is 0. The second-order valence-electron chi connectivity index (χ2n) is 16.1. The van der Waals surface area contributed by atoms with Crippen LogP contribution < -0.4 is 4.90 Å². The number of hydrogen-bond acceptors (Lipinski definition) is 2. The summed E-state index contributed by atoms with van der Waals surface area (Å²) in [5.74, 6) is 0. The van der Waals surface area contributed by atoms with Gasteiger partial charge in [0.2, 0.25) is 0 Å². The molecule has 12 aromatic rings. The van der Waals surface area contributed by atoms with Crippen molar-refractivity contribution in [2.45, 2.75) is 13.8 Å². The highest BCUT2D eigenvalue weighted by molar-refractivity contribution is 6.26. The highest BCUT2D eigenvalue weighted by Crippen LogP contribution is 2.48. The molecule has 0 unspecified atom stereocenters. The Balaban J connectivity index is 1.06. The Morgan fingerprint density at radius 3 is 1.45 bits per heavy atom. The van der Waals surface area contributed by atoms with Gasteiger partial charge in [-0.2, -0.15) is 0 Å². The molecule has 0 aliphatic heterocycles. The van der Waals surface area contributed by atoms with E-state index in [1.807, 2.05) is 6.07 Å². The molecule has 0 aliphatic carbocycles. The number of aryl methyl sites for hydroxylation is 2. The maximum absolute atomic E-state index is 6.39. The van der Waals surface area contributed by atoms with E-state index < -0.39 is 0 Å². The van der Waals surface area contributed by atoms with Crippen molar-refractivity contribution in [2.75, 3.05) is 4.90 Å². The van der Waals surface area contributed by atoms with Crippen LogP contribution in [0.15, 0.2) is 205 Å². The summed E-state index contributed by atoms with van der Waals surface area (Å²) in [6.07, 6.45) is 0. The maximum Gasteiger partial charge on any atom is 0.136 e. The fourth-order valence-corrected chi connectivity index (χ4v) is 9.91. The fraction of sp³-hybridized carbons (Fsp3) is 0.0345. The van der Waals surface area contributed by atoms with Gasteiger partial charge in [-0.25, -0.2) is 0 Å². The quantitative estimate of drug-likeness (QED) is 0.162. The molecule has 0 saturated carbocycles. The van der Waals surface area contributed by atoms with Gasteiger partial charge in [-0.05, 0) is 133 Å². The minimum Gasteiger partial charge on any atom is -0.456 e. The zero-order valence-electron chi connectivity index (χ0n) is 33.4. The molecule has 0 spiro atoms. The van der Waals surface area contributed by atoms with Crippen molar-refractivity contribution in [2.24, 2.45) is 0 Å². The molecular formula is C58H39NO. The Morgan fingerprint density at radius 1 is 0.350 bits per heavy atom. The normalized spacial score (nSPS) is 11.8. The van der Waals surface area contributed by atoms with Crippen molar-refractivity contribution in [3.63, 3.8) is 0 Å². The standard InChI is InChI=1S/C58H39NO/c1-36-26-32-52(44-16-5-3-14-42(36)44)59(53-33-27-37(2)43-15-4-6-17-45(43)53)41-31-30-38-34-40(29-28-39(38)35-41)56-46-18-7-9-20-48(46)57(49-21-10-8-19-47(49)56)51-23-13-25-55-58(51)50-22-11-12-24-54(50)60-55/h3-35H,1-2H3. The monoisotopic (exact) mass is 765 g/mol. The summed E-state index contributed by atoms with van der Waals surface area (Å²) in [4.78, 5) is 2.46. The molecule has 2 heteroatoms. The lowest BCUT2D eigenvalue weighted by molar-refractivity contribution is 0.669. The minimum atomic E-state index is 0.907. The average molecular weight is 766 g/mol. The van der Waals surface area contributed by atoms with Gasteiger partial charge < -0.3 is 9.32 Å². The first-order chi connectivity index (χ1) is 29.6. The molecule has 0 saturated heterocycles. The predicted molar refractivity (Wildman–Crippen MR) is 256 cm³/mol. The summed E-state index contributed by atoms with van der Waals surface area (Å²) in [6, 6.07) is 73.3. The second-order valence-corrected chi connectivity index (χ2v) is 16.1. The lowest BCUT2D eigenvalue weighted by atomic mass is 9.84. The van der Waals surface area contributed by atoms with Crippen LogP contribution in [-0.2, 0) is 0 Å². The van der Waals surface area contributed by atoms with E-state index in [0.29, 0.717) is 0 Å². The van der Waals surface area contributed by atoms with Crippen LogP contribution in [0.5, 0.6) is 0 Å². The Morgan fingerprint density at radius 2 is 0.833 bits per heavy atom. The molecule has 1 heterocycles. The zero-order chi connectivity index (χ0) is 39.9. The van der Waals surface area contributed by atoms with Gasteiger partial charge in [0.25, 0.3) is 0 Å². The van der Waals surface area contributed by atoms with Crippen LogP contribution in [0, 0.1) is 13.8 Å². The highest BCUT2D eigenvalue weighted by Gasteiger charge is 2.22. The van der Waals surface area contributed by atoms with Crippen molar-refractivity contribution in [3.05, 3.63) is 211 Å². The zero-order valence-corrected chi connectivity index (χ0v) is 33.4. The van der Waals surface area contributed by atoms with Gasteiger partial charge in [-0.1, -0.05) is 158 Å². The first-order valence-electron chi connectivity index (χ1n) is 20.8. The summed E-state index contributed by atoms with van der Waals surface area (Å²) in [5, 5.41) is 14.6. The number of para-hydroxylation sites is 1. The summed E-state index contributed by atoms with van der Waals surface area (Å²) in [6.45, 7) is 4.40. The number of furan rings is 1. The molecule has 0 fully saturated rings. The first-order valence-corrected chi connectivity index (χ1v) is 20.8. The molecule has 0 N–H and O–H groups in total. The first kappa shape index (κ1) is 34.4. The lowest BCUT2D eigenvalue weighted by Gasteiger charge is -2.29. The van der Waals surface area contributed by atoms with Crippen molar-refractivity contribution in [1.29, 1.82) is 0 Å². The van der Waals surface area contributed by atoms with E-state index in [2.05, 4.69) is 213 Å². The van der Waals surface area contributed by atoms with E-state index in [1.54, 1.807) is 0 Å². The Kier molecular flexibility index (Phi) is 7.70. The lowest BCUT2D eigenvalue weighted by Crippen LogP contribution is -2.11. The molecule has 0 bridgehead atoms. The Bertz CT molecular complexity index is 3560. The van der Waals surface area contributed by atoms with Crippen molar-refractivity contribution in [3.8, 4) is 22.3 Å². The van der Waals surface area contributed by atoms with Crippen LogP contribution in [0.1, 0.15) is 11.1 Å². The molecule has 11 aromatic carbocycles. The molecule has 0 radical (unpaired) electrons. The number of fused-ring (bicyclic) bond motifs is 8. The molecule has 0 aliphatic rings.